The fourth-order valence-electron chi connectivity index (χ4n) is 2.27. The number of hydrogen-bond acceptors (Lipinski definition) is 3. The summed E-state index contributed by atoms with van der Waals surface area (Å²) in [6.07, 6.45) is 1.95. The smallest absolute Gasteiger partial charge is 0.0596 e. The first-order valence-electron chi connectivity index (χ1n) is 7.12. The van der Waals surface area contributed by atoms with Gasteiger partial charge in [0.1, 0.15) is 0 Å². The van der Waals surface area contributed by atoms with E-state index < -0.39 is 0 Å². The minimum absolute atomic E-state index is 0.370. The molecule has 4 heteroatoms. The van der Waals surface area contributed by atoms with Crippen LogP contribution in [0, 0.1) is 27.7 Å². The molecule has 0 fully saturated rings. The van der Waals surface area contributed by atoms with E-state index in [1.807, 2.05) is 20.0 Å². The third kappa shape index (κ3) is 3.67. The number of aromatic nitrogens is 3. The van der Waals surface area contributed by atoms with Gasteiger partial charge in [-0.1, -0.05) is 6.07 Å². The van der Waals surface area contributed by atoms with Gasteiger partial charge in [-0.2, -0.15) is 5.10 Å². The second-order valence-electron chi connectivity index (χ2n) is 5.64. The fraction of sp³-hybridized carbons (Fsp3) is 0.500. The lowest BCUT2D eigenvalue weighted by Crippen LogP contribution is -2.30. The van der Waals surface area contributed by atoms with E-state index in [0.717, 1.165) is 24.5 Å². The minimum atomic E-state index is 0.370. The summed E-state index contributed by atoms with van der Waals surface area (Å²) in [5.74, 6) is 0. The number of nitrogens with one attached hydrogen (secondary N) is 1. The molecule has 2 aromatic rings. The molecule has 2 aromatic heterocycles. The second-order valence-corrected chi connectivity index (χ2v) is 5.64. The molecule has 0 saturated carbocycles. The molecule has 0 aliphatic heterocycles. The Bertz CT molecular complexity index is 586. The van der Waals surface area contributed by atoms with Gasteiger partial charge in [-0.05, 0) is 51.8 Å². The molecule has 4 nitrogen and oxygen atoms in total. The predicted molar refractivity (Wildman–Crippen MR) is 81.7 cm³/mol. The molecule has 0 aromatic carbocycles. The van der Waals surface area contributed by atoms with Crippen LogP contribution in [0.5, 0.6) is 0 Å². The second kappa shape index (κ2) is 6.18. The maximum atomic E-state index is 4.50. The molecule has 0 spiro atoms. The van der Waals surface area contributed by atoms with E-state index in [9.17, 15) is 0 Å². The molecule has 0 aliphatic carbocycles. The van der Waals surface area contributed by atoms with Gasteiger partial charge in [0.2, 0.25) is 0 Å². The first-order valence-corrected chi connectivity index (χ1v) is 7.12. The summed E-state index contributed by atoms with van der Waals surface area (Å²) in [5, 5.41) is 8.02. The molecule has 2 heterocycles. The van der Waals surface area contributed by atoms with E-state index in [0.29, 0.717) is 6.04 Å². The van der Waals surface area contributed by atoms with Gasteiger partial charge in [-0.3, -0.25) is 9.67 Å². The first kappa shape index (κ1) is 14.7. The van der Waals surface area contributed by atoms with E-state index in [1.54, 1.807) is 0 Å². The molecule has 1 atom stereocenters. The van der Waals surface area contributed by atoms with Crippen LogP contribution in [-0.2, 0) is 13.1 Å². The number of hydrogen-bond donors (Lipinski definition) is 1. The standard InChI is InChI=1S/C16H24N4/c1-11-6-16(9-18-15(11)5)8-17-13(3)10-20-14(4)7-12(2)19-20/h6-7,9,13,17H,8,10H2,1-5H3/t13-/m1/s1. The van der Waals surface area contributed by atoms with Crippen molar-refractivity contribution in [2.45, 2.75) is 53.8 Å². The Kier molecular flexibility index (Phi) is 4.55. The third-order valence-electron chi connectivity index (χ3n) is 3.60. The Morgan fingerprint density at radius 1 is 1.20 bits per heavy atom. The summed E-state index contributed by atoms with van der Waals surface area (Å²) >= 11 is 0. The average Bonchev–Trinajstić information content (AvgIpc) is 2.69. The zero-order valence-corrected chi connectivity index (χ0v) is 13.1. The van der Waals surface area contributed by atoms with Crippen LogP contribution in [0.3, 0.4) is 0 Å². The molecule has 0 radical (unpaired) electrons. The van der Waals surface area contributed by atoms with Crippen molar-refractivity contribution in [2.24, 2.45) is 0 Å². The van der Waals surface area contributed by atoms with Crippen LogP contribution in [0.1, 0.15) is 35.1 Å². The highest BCUT2D eigenvalue weighted by atomic mass is 15.3. The van der Waals surface area contributed by atoms with Crippen LogP contribution in [0.25, 0.3) is 0 Å². The quantitative estimate of drug-likeness (QED) is 0.910. The lowest BCUT2D eigenvalue weighted by atomic mass is 10.1. The van der Waals surface area contributed by atoms with Crippen molar-refractivity contribution in [1.82, 2.24) is 20.1 Å². The maximum Gasteiger partial charge on any atom is 0.0596 e. The van der Waals surface area contributed by atoms with Gasteiger partial charge in [-0.25, -0.2) is 0 Å². The largest absolute Gasteiger partial charge is 0.308 e. The molecule has 0 unspecified atom stereocenters. The van der Waals surface area contributed by atoms with Gasteiger partial charge in [0, 0.05) is 30.2 Å². The van der Waals surface area contributed by atoms with Crippen LogP contribution in [0.2, 0.25) is 0 Å². The zero-order valence-electron chi connectivity index (χ0n) is 13.1. The van der Waals surface area contributed by atoms with Gasteiger partial charge in [0.25, 0.3) is 0 Å². The van der Waals surface area contributed by atoms with Crippen molar-refractivity contribution in [3.8, 4) is 0 Å². The van der Waals surface area contributed by atoms with Gasteiger partial charge in [0.05, 0.1) is 12.2 Å². The Hall–Kier alpha value is -1.68. The third-order valence-corrected chi connectivity index (χ3v) is 3.60. The summed E-state index contributed by atoms with van der Waals surface area (Å²) < 4.78 is 2.06. The van der Waals surface area contributed by atoms with Gasteiger partial charge in [0.15, 0.2) is 0 Å². The Balaban J connectivity index is 1.90. The van der Waals surface area contributed by atoms with Crippen LogP contribution in [0.4, 0.5) is 0 Å². The first-order chi connectivity index (χ1) is 9.45. The Morgan fingerprint density at radius 2 is 1.95 bits per heavy atom. The van der Waals surface area contributed by atoms with Crippen molar-refractivity contribution < 1.29 is 0 Å². The summed E-state index contributed by atoms with van der Waals surface area (Å²) in [5.41, 5.74) is 5.87. The number of aryl methyl sites for hydroxylation is 4. The van der Waals surface area contributed by atoms with Gasteiger partial charge in [-0.15, -0.1) is 0 Å². The molecule has 0 amide bonds. The average molecular weight is 272 g/mol. The summed E-state index contributed by atoms with van der Waals surface area (Å²) in [6, 6.07) is 4.68. The highest BCUT2D eigenvalue weighted by Crippen LogP contribution is 2.07. The van der Waals surface area contributed by atoms with Crippen molar-refractivity contribution in [3.05, 3.63) is 46.5 Å². The SMILES string of the molecule is Cc1cc(C)n(C[C@@H](C)NCc2cnc(C)c(C)c2)n1. The van der Waals surface area contributed by atoms with Crippen molar-refractivity contribution in [2.75, 3.05) is 0 Å². The highest BCUT2D eigenvalue weighted by molar-refractivity contribution is 5.22. The molecule has 1 N–H and O–H groups in total. The van der Waals surface area contributed by atoms with E-state index in [-0.39, 0.29) is 0 Å². The molecule has 2 rings (SSSR count). The predicted octanol–water partition coefficient (Wildman–Crippen LogP) is 2.69. The molecule has 108 valence electrons. The van der Waals surface area contributed by atoms with Crippen LogP contribution in [0.15, 0.2) is 18.3 Å². The Morgan fingerprint density at radius 3 is 2.55 bits per heavy atom. The maximum absolute atomic E-state index is 4.50. The van der Waals surface area contributed by atoms with Crippen molar-refractivity contribution in [1.29, 1.82) is 0 Å². The Labute approximate surface area is 121 Å². The molecule has 20 heavy (non-hydrogen) atoms. The van der Waals surface area contributed by atoms with Crippen LogP contribution < -0.4 is 5.32 Å². The van der Waals surface area contributed by atoms with E-state index in [2.05, 4.69) is 53.0 Å². The zero-order chi connectivity index (χ0) is 14.7. The van der Waals surface area contributed by atoms with E-state index in [4.69, 9.17) is 0 Å². The molecular formula is C16H24N4. The van der Waals surface area contributed by atoms with Gasteiger partial charge >= 0.3 is 0 Å². The number of nitrogens with zero attached hydrogens (tertiary/aromatic N) is 3. The normalized spacial score (nSPS) is 12.7. The molecule has 0 saturated heterocycles. The van der Waals surface area contributed by atoms with E-state index in [1.165, 1.54) is 16.8 Å². The lowest BCUT2D eigenvalue weighted by molar-refractivity contribution is 0.443. The number of rotatable bonds is 5. The van der Waals surface area contributed by atoms with Gasteiger partial charge < -0.3 is 5.32 Å². The lowest BCUT2D eigenvalue weighted by Gasteiger charge is -2.15. The molecular weight excluding hydrogens is 248 g/mol. The topological polar surface area (TPSA) is 42.7 Å². The summed E-state index contributed by atoms with van der Waals surface area (Å²) in [4.78, 5) is 4.40. The minimum Gasteiger partial charge on any atom is -0.308 e. The highest BCUT2D eigenvalue weighted by Gasteiger charge is 2.07. The summed E-state index contributed by atoms with van der Waals surface area (Å²) in [6.45, 7) is 12.2. The monoisotopic (exact) mass is 272 g/mol. The number of pyridine rings is 1. The van der Waals surface area contributed by atoms with Crippen LogP contribution in [-0.4, -0.2) is 20.8 Å². The molecule has 0 aliphatic rings. The van der Waals surface area contributed by atoms with E-state index >= 15 is 0 Å². The van der Waals surface area contributed by atoms with Crippen molar-refractivity contribution >= 4 is 0 Å². The van der Waals surface area contributed by atoms with Crippen molar-refractivity contribution in [3.63, 3.8) is 0 Å². The fourth-order valence-corrected chi connectivity index (χ4v) is 2.27. The molecule has 0 bridgehead atoms. The van der Waals surface area contributed by atoms with Crippen LogP contribution >= 0.6 is 0 Å². The summed E-state index contributed by atoms with van der Waals surface area (Å²) in [7, 11) is 0.